The molecule has 0 spiro atoms. The third-order valence-electron chi connectivity index (χ3n) is 4.80. The van der Waals surface area contributed by atoms with Gasteiger partial charge in [-0.3, -0.25) is 4.79 Å². The molecule has 0 unspecified atom stereocenters. The van der Waals surface area contributed by atoms with Crippen molar-refractivity contribution in [2.75, 3.05) is 6.26 Å². The predicted octanol–water partition coefficient (Wildman–Crippen LogP) is 6.09. The average molecular weight is 419 g/mol. The number of carbonyl (C=O) groups excluding carboxylic acids is 1. The maximum Gasteiger partial charge on any atom is 0.175 e. The summed E-state index contributed by atoms with van der Waals surface area (Å²) in [4.78, 5) is 12.2. The van der Waals surface area contributed by atoms with Gasteiger partial charge in [-0.15, -0.1) is 0 Å². The van der Waals surface area contributed by atoms with E-state index in [2.05, 4.69) is 38.1 Å². The molecule has 2 aromatic rings. The zero-order valence-corrected chi connectivity index (χ0v) is 19.6. The largest absolute Gasteiger partial charge is 0.299 e. The Bertz CT molecular complexity index is 862. The fraction of sp³-hybridized carbons (Fsp3) is 0.480. The number of Topliss-reactive ketones (excluding diaryl/α,β-unsaturated/α-hetero) is 1. The summed E-state index contributed by atoms with van der Waals surface area (Å²) in [6.45, 7) is 10.2. The van der Waals surface area contributed by atoms with Gasteiger partial charge < -0.3 is 0 Å². The van der Waals surface area contributed by atoms with Crippen molar-refractivity contribution >= 4 is 15.6 Å². The molecule has 0 N–H and O–H groups in total. The molecule has 2 aromatic carbocycles. The van der Waals surface area contributed by atoms with Gasteiger partial charge in [-0.1, -0.05) is 77.4 Å². The number of rotatable bonds is 7. The quantitative estimate of drug-likeness (QED) is 0.547. The zero-order chi connectivity index (χ0) is 22.1. The number of aryl methyl sites for hydroxylation is 2. The van der Waals surface area contributed by atoms with E-state index in [9.17, 15) is 13.2 Å². The predicted molar refractivity (Wildman–Crippen MR) is 124 cm³/mol. The Balaban J connectivity index is 0.000000544. The lowest BCUT2D eigenvalue weighted by molar-refractivity contribution is -0.125. The van der Waals surface area contributed by atoms with Crippen LogP contribution in [0.4, 0.5) is 0 Å². The Morgan fingerprint density at radius 2 is 1.34 bits per heavy atom. The van der Waals surface area contributed by atoms with Gasteiger partial charge in [0.2, 0.25) is 0 Å². The van der Waals surface area contributed by atoms with Crippen molar-refractivity contribution in [3.05, 3.63) is 65.2 Å². The minimum Gasteiger partial charge on any atom is -0.299 e. The molecule has 162 valence electrons. The van der Waals surface area contributed by atoms with Crippen LogP contribution < -0.4 is 0 Å². The normalized spacial score (nSPS) is 11.5. The highest BCUT2D eigenvalue weighted by Gasteiger charge is 2.20. The number of sulfone groups is 1. The second-order valence-electron chi connectivity index (χ2n) is 8.54. The summed E-state index contributed by atoms with van der Waals surface area (Å²) < 4.78 is 22.3. The van der Waals surface area contributed by atoms with Crippen LogP contribution in [0, 0.1) is 5.41 Å². The molecule has 0 heterocycles. The second kappa shape index (κ2) is 11.3. The molecule has 0 aliphatic rings. The van der Waals surface area contributed by atoms with E-state index in [0.29, 0.717) is 17.1 Å². The van der Waals surface area contributed by atoms with Crippen molar-refractivity contribution < 1.29 is 14.6 Å². The van der Waals surface area contributed by atoms with Crippen LogP contribution in [0.15, 0.2) is 53.4 Å². The highest BCUT2D eigenvalue weighted by Crippen LogP contribution is 2.18. The molecule has 0 aliphatic heterocycles. The molecule has 0 aromatic heterocycles. The number of hydrogen-bond donors (Lipinski definition) is 0. The number of hydrogen-bond acceptors (Lipinski definition) is 3. The van der Waals surface area contributed by atoms with E-state index in [1.165, 1.54) is 17.4 Å². The smallest absolute Gasteiger partial charge is 0.175 e. The molecule has 4 heteroatoms. The van der Waals surface area contributed by atoms with Gasteiger partial charge in [-0.2, -0.15) is 0 Å². The Kier molecular flexibility index (Phi) is 9.78. The highest BCUT2D eigenvalue weighted by molar-refractivity contribution is 7.90. The first-order valence-corrected chi connectivity index (χ1v) is 12.3. The van der Waals surface area contributed by atoms with E-state index in [4.69, 9.17) is 0 Å². The van der Waals surface area contributed by atoms with Crippen LogP contribution in [0.1, 0.15) is 65.6 Å². The maximum absolute atomic E-state index is 11.8. The maximum atomic E-state index is 11.8. The van der Waals surface area contributed by atoms with Crippen molar-refractivity contribution in [3.63, 3.8) is 0 Å². The average Bonchev–Trinajstić information content (AvgIpc) is 2.66. The monoisotopic (exact) mass is 418 g/mol. The Labute approximate surface area is 179 Å². The number of unbranched alkanes of at least 4 members (excludes halogenated alkanes) is 1. The van der Waals surface area contributed by atoms with Crippen molar-refractivity contribution in [2.24, 2.45) is 5.41 Å². The summed E-state index contributed by atoms with van der Waals surface area (Å²) in [5.41, 5.74) is 3.41. The molecule has 2 rings (SSSR count). The molecule has 0 radical (unpaired) electrons. The van der Waals surface area contributed by atoms with Gasteiger partial charge in [-0.05, 0) is 48.1 Å². The Hall–Kier alpha value is -1.94. The van der Waals surface area contributed by atoms with Crippen molar-refractivity contribution in [1.29, 1.82) is 0 Å². The van der Waals surface area contributed by atoms with E-state index in [1.54, 1.807) is 12.1 Å². The summed E-state index contributed by atoms with van der Waals surface area (Å²) in [6, 6.07) is 15.5. The molecule has 0 saturated heterocycles. The lowest BCUT2D eigenvalue weighted by Crippen LogP contribution is -2.22. The fourth-order valence-electron chi connectivity index (χ4n) is 2.63. The first-order chi connectivity index (χ1) is 13.5. The topological polar surface area (TPSA) is 51.2 Å². The summed E-state index contributed by atoms with van der Waals surface area (Å²) >= 11 is 0. The molecule has 0 atom stereocenters. The van der Waals surface area contributed by atoms with E-state index >= 15 is 0 Å². The molecule has 0 amide bonds. The molecular weight excluding hydrogens is 380 g/mol. The molecule has 0 saturated carbocycles. The lowest BCUT2D eigenvalue weighted by atomic mass is 9.87. The molecule has 0 fully saturated rings. The zero-order valence-electron chi connectivity index (χ0n) is 18.8. The van der Waals surface area contributed by atoms with Crippen molar-refractivity contribution in [2.45, 2.75) is 71.6 Å². The van der Waals surface area contributed by atoms with Gasteiger partial charge in [0.25, 0.3) is 0 Å². The second-order valence-corrected chi connectivity index (χ2v) is 10.6. The number of carbonyl (C=O) groups is 1. The van der Waals surface area contributed by atoms with Gasteiger partial charge in [0.05, 0.1) is 4.90 Å². The number of benzene rings is 2. The summed E-state index contributed by atoms with van der Waals surface area (Å²) in [7, 11) is -3.04. The summed E-state index contributed by atoms with van der Waals surface area (Å²) in [5, 5.41) is 0. The van der Waals surface area contributed by atoms with Crippen LogP contribution in [0.25, 0.3) is 0 Å². The minimum atomic E-state index is -3.04. The van der Waals surface area contributed by atoms with E-state index in [0.717, 1.165) is 31.2 Å². The first-order valence-electron chi connectivity index (χ1n) is 10.4. The number of ketones is 1. The fourth-order valence-corrected chi connectivity index (χ4v) is 3.26. The van der Waals surface area contributed by atoms with Crippen molar-refractivity contribution in [3.8, 4) is 0 Å². The van der Waals surface area contributed by atoms with Crippen molar-refractivity contribution in [1.82, 2.24) is 0 Å². The first kappa shape index (κ1) is 25.1. The van der Waals surface area contributed by atoms with Gasteiger partial charge >= 0.3 is 0 Å². The molecule has 3 nitrogen and oxygen atoms in total. The van der Waals surface area contributed by atoms with Gasteiger partial charge in [0, 0.05) is 19.5 Å². The Morgan fingerprint density at radius 1 is 0.862 bits per heavy atom. The van der Waals surface area contributed by atoms with Crippen LogP contribution in [0.3, 0.4) is 0 Å². The van der Waals surface area contributed by atoms with E-state index < -0.39 is 9.84 Å². The van der Waals surface area contributed by atoms with Crippen LogP contribution in [-0.2, 0) is 33.9 Å². The van der Waals surface area contributed by atoms with Crippen LogP contribution in [0.5, 0.6) is 0 Å². The van der Waals surface area contributed by atoms with Gasteiger partial charge in [0.1, 0.15) is 5.78 Å². The van der Waals surface area contributed by atoms with Crippen LogP contribution in [-0.4, -0.2) is 20.5 Å². The van der Waals surface area contributed by atoms with E-state index in [-0.39, 0.29) is 6.84 Å². The van der Waals surface area contributed by atoms with Gasteiger partial charge in [-0.25, -0.2) is 8.42 Å². The van der Waals surface area contributed by atoms with Crippen LogP contribution in [0.2, 0.25) is 0 Å². The lowest BCUT2D eigenvalue weighted by Gasteiger charge is -2.16. The third-order valence-corrected chi connectivity index (χ3v) is 5.93. The highest BCUT2D eigenvalue weighted by atomic mass is 32.2. The minimum absolute atomic E-state index is 0. The van der Waals surface area contributed by atoms with E-state index in [1.807, 2.05) is 32.9 Å². The standard InChI is InChI=1S/C14H20O.C11H16O2S.H2/c1-5-11-6-8-12(9-7-11)10-13(15)14(2,3)4;1-3-4-5-10-6-8-11(9-7-10)14(2,12)13;/h6-9H,5,10H2,1-4H3;6-9H,3-5H2,1-2H3;1H. The molecule has 29 heavy (non-hydrogen) atoms. The van der Waals surface area contributed by atoms with Gasteiger partial charge in [0.15, 0.2) is 9.84 Å². The van der Waals surface area contributed by atoms with Crippen LogP contribution >= 0.6 is 0 Å². The summed E-state index contributed by atoms with van der Waals surface area (Å²) in [5.74, 6) is 0.298. The third kappa shape index (κ3) is 9.40. The SMILES string of the molecule is CCCCc1ccc(S(C)(=O)=O)cc1.CCc1ccc(CC(=O)C(C)(C)C)cc1.[HH]. The molecular formula is C25H38O3S. The summed E-state index contributed by atoms with van der Waals surface area (Å²) in [6.07, 6.45) is 6.17. The molecule has 0 bridgehead atoms. The Morgan fingerprint density at radius 3 is 1.76 bits per heavy atom. The molecule has 0 aliphatic carbocycles.